The smallest absolute Gasteiger partial charge is 0.330 e. The lowest BCUT2D eigenvalue weighted by Gasteiger charge is -2.31. The van der Waals surface area contributed by atoms with Crippen molar-refractivity contribution in [2.75, 3.05) is 7.11 Å². The van der Waals surface area contributed by atoms with Gasteiger partial charge in [0.25, 0.3) is 0 Å². The number of carbonyl (C=O) groups excluding carboxylic acids is 1. The molecule has 0 spiro atoms. The lowest BCUT2D eigenvalue weighted by molar-refractivity contribution is -0.135. The van der Waals surface area contributed by atoms with E-state index in [0.717, 1.165) is 16.7 Å². The molecule has 5 nitrogen and oxygen atoms in total. The van der Waals surface area contributed by atoms with E-state index in [1.807, 2.05) is 103 Å². The van der Waals surface area contributed by atoms with E-state index >= 15 is 0 Å². The van der Waals surface area contributed by atoms with Gasteiger partial charge in [-0.1, -0.05) is 116 Å². The quantitative estimate of drug-likeness (QED) is 0.142. The molecular formula is C32H34O5. The van der Waals surface area contributed by atoms with Gasteiger partial charge in [0.15, 0.2) is 0 Å². The Balaban J connectivity index is 1.90. The summed E-state index contributed by atoms with van der Waals surface area (Å²) in [5, 5.41) is 0. The minimum Gasteiger partial charge on any atom is -0.466 e. The lowest BCUT2D eigenvalue weighted by atomic mass is 10.0. The van der Waals surface area contributed by atoms with Gasteiger partial charge in [-0.25, -0.2) is 4.79 Å². The summed E-state index contributed by atoms with van der Waals surface area (Å²) in [6.45, 7) is 4.86. The summed E-state index contributed by atoms with van der Waals surface area (Å²) in [6.07, 6.45) is 6.76. The van der Waals surface area contributed by atoms with E-state index in [9.17, 15) is 4.79 Å². The van der Waals surface area contributed by atoms with Crippen molar-refractivity contribution in [2.45, 2.75) is 38.1 Å². The van der Waals surface area contributed by atoms with Gasteiger partial charge in [0.1, 0.15) is 18.3 Å². The Hall–Kier alpha value is -3.77. The summed E-state index contributed by atoms with van der Waals surface area (Å²) in [7, 11) is 1.34. The molecule has 0 amide bonds. The van der Waals surface area contributed by atoms with Crippen molar-refractivity contribution in [1.29, 1.82) is 0 Å². The summed E-state index contributed by atoms with van der Waals surface area (Å²) in [6, 6.07) is 29.7. The van der Waals surface area contributed by atoms with Crippen LogP contribution in [0.5, 0.6) is 0 Å². The number of ether oxygens (including phenoxy) is 4. The molecule has 192 valence electrons. The van der Waals surface area contributed by atoms with E-state index < -0.39 is 24.3 Å². The zero-order valence-electron chi connectivity index (χ0n) is 21.1. The molecule has 0 fully saturated rings. The monoisotopic (exact) mass is 498 g/mol. The maximum atomic E-state index is 12.0. The van der Waals surface area contributed by atoms with Gasteiger partial charge in [0.05, 0.1) is 26.9 Å². The lowest BCUT2D eigenvalue weighted by Crippen LogP contribution is -2.41. The molecule has 0 unspecified atom stereocenters. The Morgan fingerprint density at radius 1 is 0.703 bits per heavy atom. The predicted molar refractivity (Wildman–Crippen MR) is 146 cm³/mol. The highest BCUT2D eigenvalue weighted by molar-refractivity contribution is 5.81. The minimum absolute atomic E-state index is 0.332. The van der Waals surface area contributed by atoms with Crippen molar-refractivity contribution in [3.8, 4) is 0 Å². The third-order valence-electron chi connectivity index (χ3n) is 5.56. The molecule has 0 N–H and O–H groups in total. The van der Waals surface area contributed by atoms with Gasteiger partial charge >= 0.3 is 5.97 Å². The zero-order chi connectivity index (χ0) is 26.1. The fraction of sp³-hybridized carbons (Fsp3) is 0.219. The van der Waals surface area contributed by atoms with Gasteiger partial charge in [-0.2, -0.15) is 0 Å². The van der Waals surface area contributed by atoms with Crippen LogP contribution in [-0.4, -0.2) is 31.4 Å². The van der Waals surface area contributed by atoms with Gasteiger partial charge in [-0.3, -0.25) is 0 Å². The number of carbonyl (C=O) groups is 1. The zero-order valence-corrected chi connectivity index (χ0v) is 21.1. The molecule has 5 heteroatoms. The van der Waals surface area contributed by atoms with Crippen LogP contribution >= 0.6 is 0 Å². The molecule has 0 radical (unpaired) electrons. The average Bonchev–Trinajstić information content (AvgIpc) is 2.96. The predicted octanol–water partition coefficient (Wildman–Crippen LogP) is 6.21. The number of allylic oxidation sites excluding steroid dienone is 2. The van der Waals surface area contributed by atoms with Crippen molar-refractivity contribution in [3.63, 3.8) is 0 Å². The van der Waals surface area contributed by atoms with Crippen LogP contribution < -0.4 is 0 Å². The summed E-state index contributed by atoms with van der Waals surface area (Å²) < 4.78 is 24.0. The normalized spacial score (nSPS) is 13.9. The largest absolute Gasteiger partial charge is 0.466 e. The maximum Gasteiger partial charge on any atom is 0.330 e. The molecule has 0 bridgehead atoms. The Labute approximate surface area is 219 Å². The summed E-state index contributed by atoms with van der Waals surface area (Å²) in [5.41, 5.74) is 3.05. The SMILES string of the molecule is C=C/C=C/[C@@H](OCc1ccccc1)[C@H](OCc1ccccc1)[C@H](/C=C/C(=O)OC)OCc1ccccc1. The van der Waals surface area contributed by atoms with Crippen molar-refractivity contribution < 1.29 is 23.7 Å². The van der Waals surface area contributed by atoms with Gasteiger partial charge < -0.3 is 18.9 Å². The molecule has 0 saturated heterocycles. The van der Waals surface area contributed by atoms with Gasteiger partial charge in [0, 0.05) is 6.08 Å². The Morgan fingerprint density at radius 3 is 1.57 bits per heavy atom. The number of benzene rings is 3. The number of esters is 1. The summed E-state index contributed by atoms with van der Waals surface area (Å²) >= 11 is 0. The fourth-order valence-corrected chi connectivity index (χ4v) is 3.63. The first-order valence-electron chi connectivity index (χ1n) is 12.2. The van der Waals surface area contributed by atoms with Crippen molar-refractivity contribution in [2.24, 2.45) is 0 Å². The standard InChI is InChI=1S/C32H34O5/c1-3-4-20-29(35-23-26-14-8-5-9-15-26)32(37-25-28-18-12-7-13-19-28)30(21-22-31(33)34-2)36-24-27-16-10-6-11-17-27/h3-22,29-30,32H,1,23-25H2,2H3/b20-4+,22-21+/t29-,30+,32+/m1/s1. The Morgan fingerprint density at radius 2 is 1.14 bits per heavy atom. The molecule has 3 rings (SSSR count). The topological polar surface area (TPSA) is 54.0 Å². The maximum absolute atomic E-state index is 12.0. The van der Waals surface area contributed by atoms with Gasteiger partial charge in [0.2, 0.25) is 0 Å². The average molecular weight is 499 g/mol. The van der Waals surface area contributed by atoms with Crippen molar-refractivity contribution in [1.82, 2.24) is 0 Å². The third kappa shape index (κ3) is 10.0. The van der Waals surface area contributed by atoms with Crippen LogP contribution in [0.3, 0.4) is 0 Å². The van der Waals surface area contributed by atoms with Crippen LogP contribution in [0, 0.1) is 0 Å². The van der Waals surface area contributed by atoms with Crippen molar-refractivity contribution in [3.05, 3.63) is 145 Å². The minimum atomic E-state index is -0.613. The molecule has 0 aromatic heterocycles. The third-order valence-corrected chi connectivity index (χ3v) is 5.56. The molecule has 37 heavy (non-hydrogen) atoms. The fourth-order valence-electron chi connectivity index (χ4n) is 3.63. The van der Waals surface area contributed by atoms with E-state index in [2.05, 4.69) is 6.58 Å². The highest BCUT2D eigenvalue weighted by Gasteiger charge is 2.30. The van der Waals surface area contributed by atoms with E-state index in [-0.39, 0.29) is 0 Å². The van der Waals surface area contributed by atoms with E-state index in [1.165, 1.54) is 13.2 Å². The molecule has 0 saturated carbocycles. The Bertz CT molecular complexity index is 1110. The summed E-state index contributed by atoms with van der Waals surface area (Å²) in [5.74, 6) is -0.474. The second kappa shape index (κ2) is 16.1. The second-order valence-electron chi connectivity index (χ2n) is 8.29. The second-order valence-corrected chi connectivity index (χ2v) is 8.29. The van der Waals surface area contributed by atoms with Crippen LogP contribution in [0.25, 0.3) is 0 Å². The van der Waals surface area contributed by atoms with Crippen molar-refractivity contribution >= 4 is 5.97 Å². The molecule has 3 atom stereocenters. The Kier molecular flexibility index (Phi) is 12.1. The molecule has 3 aromatic carbocycles. The number of rotatable bonds is 15. The van der Waals surface area contributed by atoms with Crippen LogP contribution in [-0.2, 0) is 43.6 Å². The van der Waals surface area contributed by atoms with E-state index in [0.29, 0.717) is 19.8 Å². The highest BCUT2D eigenvalue weighted by atomic mass is 16.6. The molecule has 0 aliphatic heterocycles. The van der Waals surface area contributed by atoms with Gasteiger partial charge in [-0.05, 0) is 22.8 Å². The first-order chi connectivity index (χ1) is 18.2. The van der Waals surface area contributed by atoms with Crippen LogP contribution in [0.4, 0.5) is 0 Å². The van der Waals surface area contributed by atoms with Crippen LogP contribution in [0.1, 0.15) is 16.7 Å². The van der Waals surface area contributed by atoms with Crippen LogP contribution in [0.2, 0.25) is 0 Å². The first kappa shape index (κ1) is 27.8. The molecule has 0 aliphatic rings. The van der Waals surface area contributed by atoms with E-state index in [4.69, 9.17) is 18.9 Å². The summed E-state index contributed by atoms with van der Waals surface area (Å²) in [4.78, 5) is 12.0. The number of hydrogen-bond donors (Lipinski definition) is 0. The van der Waals surface area contributed by atoms with E-state index in [1.54, 1.807) is 12.2 Å². The molecular weight excluding hydrogens is 464 g/mol. The molecule has 0 aliphatic carbocycles. The first-order valence-corrected chi connectivity index (χ1v) is 12.2. The van der Waals surface area contributed by atoms with Crippen LogP contribution in [0.15, 0.2) is 128 Å². The highest BCUT2D eigenvalue weighted by Crippen LogP contribution is 2.21. The van der Waals surface area contributed by atoms with Gasteiger partial charge in [-0.15, -0.1) is 0 Å². The number of methoxy groups -OCH3 is 1. The number of hydrogen-bond acceptors (Lipinski definition) is 5. The molecule has 0 heterocycles. The molecule has 3 aromatic rings.